The molecular formula is C17H20BF2NO7S. The fourth-order valence-electron chi connectivity index (χ4n) is 2.55. The van der Waals surface area contributed by atoms with Crippen LogP contribution < -0.4 is 9.97 Å². The third-order valence-electron chi connectivity index (χ3n) is 3.96. The topological polar surface area (TPSA) is 111 Å². The molecular weight excluding hydrogens is 411 g/mol. The standard InChI is InChI=1S/C17H20BF2NO7S/c1-8(2)16(23)26-7-27-17(24)13-14(20)10(19)4-9-5-11(18(25)28-15(9)13)21-12(22)6-29-3/h4,8,11,25H,5-7H2,1-3H3,(H,21,22). The van der Waals surface area contributed by atoms with E-state index in [2.05, 4.69) is 14.8 Å². The smallest absolute Gasteiger partial charge is 0.534 e. The monoisotopic (exact) mass is 431 g/mol. The molecule has 0 saturated carbocycles. The van der Waals surface area contributed by atoms with Crippen molar-refractivity contribution in [2.45, 2.75) is 26.2 Å². The maximum atomic E-state index is 14.3. The van der Waals surface area contributed by atoms with Crippen molar-refractivity contribution in [3.63, 3.8) is 0 Å². The molecule has 2 rings (SSSR count). The van der Waals surface area contributed by atoms with E-state index in [1.54, 1.807) is 20.1 Å². The molecule has 8 nitrogen and oxygen atoms in total. The number of amides is 1. The average Bonchev–Trinajstić information content (AvgIpc) is 2.64. The third kappa shape index (κ3) is 5.60. The Hall–Kier alpha value is -2.34. The quantitative estimate of drug-likeness (QED) is 0.375. The summed E-state index contributed by atoms with van der Waals surface area (Å²) in [5.74, 6) is -6.84. The molecule has 1 aliphatic rings. The lowest BCUT2D eigenvalue weighted by Gasteiger charge is -2.29. The number of esters is 2. The van der Waals surface area contributed by atoms with Crippen LogP contribution >= 0.6 is 11.8 Å². The van der Waals surface area contributed by atoms with Gasteiger partial charge in [0.1, 0.15) is 11.3 Å². The Labute approximate surface area is 170 Å². The number of hydrogen-bond donors (Lipinski definition) is 2. The van der Waals surface area contributed by atoms with Crippen molar-refractivity contribution >= 4 is 36.7 Å². The lowest BCUT2D eigenvalue weighted by Crippen LogP contribution is -2.53. The molecule has 0 fully saturated rings. The number of halogens is 2. The van der Waals surface area contributed by atoms with Gasteiger partial charge < -0.3 is 24.5 Å². The van der Waals surface area contributed by atoms with E-state index in [0.717, 1.165) is 6.07 Å². The number of nitrogens with one attached hydrogen (secondary N) is 1. The van der Waals surface area contributed by atoms with Gasteiger partial charge in [-0.3, -0.25) is 9.59 Å². The summed E-state index contributed by atoms with van der Waals surface area (Å²) in [5, 5.41) is 12.7. The summed E-state index contributed by atoms with van der Waals surface area (Å²) < 4.78 is 42.8. The number of carbonyl (C=O) groups is 3. The lowest BCUT2D eigenvalue weighted by molar-refractivity contribution is -0.155. The molecule has 1 aliphatic heterocycles. The van der Waals surface area contributed by atoms with Gasteiger partial charge in [-0.25, -0.2) is 13.6 Å². The molecule has 1 aromatic rings. The molecule has 0 aliphatic carbocycles. The van der Waals surface area contributed by atoms with Gasteiger partial charge in [0.25, 0.3) is 0 Å². The van der Waals surface area contributed by atoms with Gasteiger partial charge in [0.15, 0.2) is 11.6 Å². The maximum absolute atomic E-state index is 14.3. The van der Waals surface area contributed by atoms with Crippen LogP contribution in [0.3, 0.4) is 0 Å². The third-order valence-corrected chi connectivity index (χ3v) is 4.51. The molecule has 158 valence electrons. The van der Waals surface area contributed by atoms with E-state index < -0.39 is 60.7 Å². The minimum absolute atomic E-state index is 0.0646. The number of benzene rings is 1. The van der Waals surface area contributed by atoms with E-state index in [9.17, 15) is 28.2 Å². The summed E-state index contributed by atoms with van der Waals surface area (Å²) in [4.78, 5) is 35.4. The van der Waals surface area contributed by atoms with E-state index >= 15 is 0 Å². The van der Waals surface area contributed by atoms with Crippen LogP contribution in [0.25, 0.3) is 0 Å². The first kappa shape index (κ1) is 22.9. The van der Waals surface area contributed by atoms with Gasteiger partial charge >= 0.3 is 19.1 Å². The van der Waals surface area contributed by atoms with E-state index in [1.165, 1.54) is 11.8 Å². The van der Waals surface area contributed by atoms with Crippen molar-refractivity contribution in [1.82, 2.24) is 5.32 Å². The first-order valence-corrected chi connectivity index (χ1v) is 10.0. The van der Waals surface area contributed by atoms with Gasteiger partial charge in [-0.15, -0.1) is 0 Å². The molecule has 0 radical (unpaired) electrons. The highest BCUT2D eigenvalue weighted by Crippen LogP contribution is 2.34. The zero-order valence-corrected chi connectivity index (χ0v) is 16.8. The fraction of sp³-hybridized carbons (Fsp3) is 0.471. The summed E-state index contributed by atoms with van der Waals surface area (Å²) >= 11 is 1.27. The summed E-state index contributed by atoms with van der Waals surface area (Å²) in [6, 6.07) is 0.819. The molecule has 2 N–H and O–H groups in total. The van der Waals surface area contributed by atoms with Gasteiger partial charge in [0, 0.05) is 0 Å². The molecule has 1 amide bonds. The van der Waals surface area contributed by atoms with Crippen molar-refractivity contribution in [1.29, 1.82) is 0 Å². The highest BCUT2D eigenvalue weighted by atomic mass is 32.2. The molecule has 1 heterocycles. The average molecular weight is 431 g/mol. The first-order chi connectivity index (χ1) is 13.6. The van der Waals surface area contributed by atoms with E-state index in [1.807, 2.05) is 0 Å². The van der Waals surface area contributed by atoms with Crippen LogP contribution in [-0.4, -0.2) is 54.7 Å². The second-order valence-electron chi connectivity index (χ2n) is 6.52. The predicted molar refractivity (Wildman–Crippen MR) is 100 cm³/mol. The number of ether oxygens (including phenoxy) is 2. The van der Waals surface area contributed by atoms with Crippen LogP contribution in [0.4, 0.5) is 8.78 Å². The number of carbonyl (C=O) groups excluding carboxylic acids is 3. The number of rotatable bonds is 7. The van der Waals surface area contributed by atoms with Crippen molar-refractivity contribution in [2.24, 2.45) is 5.92 Å². The Morgan fingerprint density at radius 1 is 1.38 bits per heavy atom. The van der Waals surface area contributed by atoms with Crippen molar-refractivity contribution < 1.29 is 42.3 Å². The second-order valence-corrected chi connectivity index (χ2v) is 7.39. The van der Waals surface area contributed by atoms with Crippen LogP contribution in [0.2, 0.25) is 0 Å². The molecule has 0 aromatic heterocycles. The van der Waals surface area contributed by atoms with Crippen LogP contribution in [0.1, 0.15) is 29.8 Å². The van der Waals surface area contributed by atoms with Crippen LogP contribution in [0.15, 0.2) is 6.07 Å². The lowest BCUT2D eigenvalue weighted by atomic mass is 9.72. The highest BCUT2D eigenvalue weighted by molar-refractivity contribution is 7.99. The first-order valence-electron chi connectivity index (χ1n) is 8.63. The highest BCUT2D eigenvalue weighted by Gasteiger charge is 2.40. The Kier molecular flexibility index (Phi) is 7.85. The molecule has 1 unspecified atom stereocenters. The van der Waals surface area contributed by atoms with E-state index in [0.29, 0.717) is 0 Å². The molecule has 0 spiro atoms. The molecule has 1 aromatic carbocycles. The van der Waals surface area contributed by atoms with Gasteiger partial charge in [-0.1, -0.05) is 13.8 Å². The fourth-order valence-corrected chi connectivity index (χ4v) is 2.90. The summed E-state index contributed by atoms with van der Waals surface area (Å²) in [7, 11) is -1.59. The normalized spacial score (nSPS) is 15.4. The zero-order valence-electron chi connectivity index (χ0n) is 16.0. The summed E-state index contributed by atoms with van der Waals surface area (Å²) in [6.45, 7) is 2.34. The number of fused-ring (bicyclic) bond motifs is 1. The molecule has 0 bridgehead atoms. The van der Waals surface area contributed by atoms with Gasteiger partial charge in [0.05, 0.1) is 17.6 Å². The second kappa shape index (κ2) is 9.92. The van der Waals surface area contributed by atoms with Crippen molar-refractivity contribution in [3.05, 3.63) is 28.8 Å². The Balaban J connectivity index is 2.21. The minimum atomic E-state index is -1.59. The largest absolute Gasteiger partial charge is 0.547 e. The van der Waals surface area contributed by atoms with Gasteiger partial charge in [-0.05, 0) is 24.3 Å². The minimum Gasteiger partial charge on any atom is -0.534 e. The Bertz CT molecular complexity index is 808. The SMILES string of the molecule is CSCC(=O)NC1Cc2cc(F)c(F)c(C(=O)OCOC(=O)C(C)C)c2OB1O. The number of hydrogen-bond acceptors (Lipinski definition) is 8. The van der Waals surface area contributed by atoms with Crippen molar-refractivity contribution in [3.8, 4) is 5.75 Å². The Morgan fingerprint density at radius 3 is 2.69 bits per heavy atom. The van der Waals surface area contributed by atoms with E-state index in [4.69, 9.17) is 4.65 Å². The maximum Gasteiger partial charge on any atom is 0.547 e. The van der Waals surface area contributed by atoms with Gasteiger partial charge in [0.2, 0.25) is 12.7 Å². The van der Waals surface area contributed by atoms with Crippen LogP contribution in [0.5, 0.6) is 5.75 Å². The zero-order chi connectivity index (χ0) is 21.7. The summed E-state index contributed by atoms with van der Waals surface area (Å²) in [6.07, 6.45) is 1.62. The van der Waals surface area contributed by atoms with Gasteiger partial charge in [-0.2, -0.15) is 11.8 Å². The predicted octanol–water partition coefficient (Wildman–Crippen LogP) is 1.08. The van der Waals surface area contributed by atoms with Crippen LogP contribution in [-0.2, 0) is 25.5 Å². The molecule has 1 atom stereocenters. The van der Waals surface area contributed by atoms with E-state index in [-0.39, 0.29) is 23.6 Å². The van der Waals surface area contributed by atoms with Crippen LogP contribution in [0, 0.1) is 17.6 Å². The number of thioether (sulfide) groups is 1. The molecule has 0 saturated heterocycles. The van der Waals surface area contributed by atoms with Crippen molar-refractivity contribution in [2.75, 3.05) is 18.8 Å². The molecule has 29 heavy (non-hydrogen) atoms. The Morgan fingerprint density at radius 2 is 2.07 bits per heavy atom. The summed E-state index contributed by atoms with van der Waals surface area (Å²) in [5.41, 5.74) is -0.802. The molecule has 12 heteroatoms.